The van der Waals surface area contributed by atoms with Crippen LogP contribution < -0.4 is 15.4 Å². The zero-order chi connectivity index (χ0) is 19.9. The van der Waals surface area contributed by atoms with E-state index in [0.29, 0.717) is 17.0 Å². The van der Waals surface area contributed by atoms with Crippen LogP contribution in [0.15, 0.2) is 65.9 Å². The van der Waals surface area contributed by atoms with Crippen LogP contribution in [-0.4, -0.2) is 25.2 Å². The molecule has 142 valence electrons. The summed E-state index contributed by atoms with van der Waals surface area (Å²) in [6.45, 7) is 1.87. The smallest absolute Gasteiger partial charge is 0.338 e. The summed E-state index contributed by atoms with van der Waals surface area (Å²) in [4.78, 5) is 24.8. The Hall–Kier alpha value is -3.79. The van der Waals surface area contributed by atoms with Gasteiger partial charge in [0, 0.05) is 0 Å². The molecular weight excluding hydrogens is 358 g/mol. The molecular formula is C21H19N3O4. The van der Waals surface area contributed by atoms with Crippen molar-refractivity contribution in [1.29, 1.82) is 5.26 Å². The molecule has 1 heterocycles. The van der Waals surface area contributed by atoms with Gasteiger partial charge in [-0.25, -0.2) is 9.59 Å². The van der Waals surface area contributed by atoms with Gasteiger partial charge in [-0.2, -0.15) is 5.26 Å². The zero-order valence-corrected chi connectivity index (χ0v) is 15.3. The average Bonchev–Trinajstić information content (AvgIpc) is 2.72. The quantitative estimate of drug-likeness (QED) is 0.754. The van der Waals surface area contributed by atoms with Gasteiger partial charge in [-0.05, 0) is 30.7 Å². The standard InChI is InChI=1S/C21H19N3O4/c1-2-27-20(25)18-17(13-28-16-10-6-7-14(11-16)12-22)23-21(26)24-19(18)15-8-4-3-5-9-15/h3-11,19H,2,13H2,1H3,(H2,23,24,26)/t19-/m0/s1. The SMILES string of the molecule is CCOC(=O)C1=C(COc2cccc(C#N)c2)NC(=O)N[C@H]1c1ccccc1. The van der Waals surface area contributed by atoms with Gasteiger partial charge in [0.15, 0.2) is 0 Å². The molecule has 28 heavy (non-hydrogen) atoms. The molecule has 0 bridgehead atoms. The molecule has 1 atom stereocenters. The van der Waals surface area contributed by atoms with Gasteiger partial charge in [0.1, 0.15) is 12.4 Å². The summed E-state index contributed by atoms with van der Waals surface area (Å²) < 4.78 is 10.9. The molecule has 2 amide bonds. The van der Waals surface area contributed by atoms with Crippen molar-refractivity contribution in [2.24, 2.45) is 0 Å². The van der Waals surface area contributed by atoms with Gasteiger partial charge in [-0.15, -0.1) is 0 Å². The molecule has 0 saturated carbocycles. The molecule has 7 nitrogen and oxygen atoms in total. The fraction of sp³-hybridized carbons (Fsp3) is 0.190. The summed E-state index contributed by atoms with van der Waals surface area (Å²) >= 11 is 0. The largest absolute Gasteiger partial charge is 0.487 e. The molecule has 0 aromatic heterocycles. The minimum absolute atomic E-state index is 0.0558. The summed E-state index contributed by atoms with van der Waals surface area (Å²) in [6, 6.07) is 16.7. The summed E-state index contributed by atoms with van der Waals surface area (Å²) in [5.41, 5.74) is 1.81. The fourth-order valence-electron chi connectivity index (χ4n) is 2.89. The lowest BCUT2D eigenvalue weighted by molar-refractivity contribution is -0.139. The molecule has 2 aromatic rings. The number of benzene rings is 2. The normalized spacial score (nSPS) is 15.9. The number of amides is 2. The Morgan fingerprint density at radius 1 is 1.18 bits per heavy atom. The van der Waals surface area contributed by atoms with Crippen molar-refractivity contribution in [3.05, 3.63) is 77.0 Å². The first-order chi connectivity index (χ1) is 13.6. The number of nitrogens with zero attached hydrogens (tertiary/aromatic N) is 1. The number of esters is 1. The highest BCUT2D eigenvalue weighted by Gasteiger charge is 2.33. The Morgan fingerprint density at radius 2 is 1.96 bits per heavy atom. The Labute approximate surface area is 162 Å². The minimum Gasteiger partial charge on any atom is -0.487 e. The molecule has 0 fully saturated rings. The summed E-state index contributed by atoms with van der Waals surface area (Å²) in [6.07, 6.45) is 0. The minimum atomic E-state index is -0.655. The number of nitrogens with one attached hydrogen (secondary N) is 2. The molecule has 0 radical (unpaired) electrons. The molecule has 3 rings (SSSR count). The predicted octanol–water partition coefficient (Wildman–Crippen LogP) is 2.81. The third-order valence-electron chi connectivity index (χ3n) is 4.13. The lowest BCUT2D eigenvalue weighted by atomic mass is 9.95. The van der Waals surface area contributed by atoms with E-state index in [2.05, 4.69) is 10.6 Å². The van der Waals surface area contributed by atoms with Gasteiger partial charge in [-0.3, -0.25) is 0 Å². The maximum Gasteiger partial charge on any atom is 0.338 e. The van der Waals surface area contributed by atoms with Crippen LogP contribution in [-0.2, 0) is 9.53 Å². The Balaban J connectivity index is 1.95. The maximum absolute atomic E-state index is 12.6. The fourth-order valence-corrected chi connectivity index (χ4v) is 2.89. The van der Waals surface area contributed by atoms with Crippen LogP contribution in [0.2, 0.25) is 0 Å². The van der Waals surface area contributed by atoms with Gasteiger partial charge in [0.25, 0.3) is 0 Å². The van der Waals surface area contributed by atoms with Crippen LogP contribution in [0, 0.1) is 11.3 Å². The van der Waals surface area contributed by atoms with E-state index in [9.17, 15) is 9.59 Å². The number of nitriles is 1. The summed E-state index contributed by atoms with van der Waals surface area (Å²) in [5.74, 6) is -0.0768. The second-order valence-electron chi connectivity index (χ2n) is 5.98. The second kappa shape index (κ2) is 8.73. The number of carbonyl (C=O) groups is 2. The van der Waals surface area contributed by atoms with Crippen molar-refractivity contribution >= 4 is 12.0 Å². The van der Waals surface area contributed by atoms with E-state index in [1.807, 2.05) is 36.4 Å². The van der Waals surface area contributed by atoms with E-state index in [0.717, 1.165) is 5.56 Å². The third kappa shape index (κ3) is 4.30. The average molecular weight is 377 g/mol. The highest BCUT2D eigenvalue weighted by Crippen LogP contribution is 2.28. The van der Waals surface area contributed by atoms with Gasteiger partial charge < -0.3 is 20.1 Å². The molecule has 0 saturated heterocycles. The zero-order valence-electron chi connectivity index (χ0n) is 15.3. The Morgan fingerprint density at radius 3 is 2.68 bits per heavy atom. The Bertz CT molecular complexity index is 948. The molecule has 1 aliphatic heterocycles. The number of rotatable bonds is 6. The number of urea groups is 1. The third-order valence-corrected chi connectivity index (χ3v) is 4.13. The molecule has 0 unspecified atom stereocenters. The Kier molecular flexibility index (Phi) is 5.92. The van der Waals surface area contributed by atoms with E-state index in [1.165, 1.54) is 0 Å². The first-order valence-electron chi connectivity index (χ1n) is 8.78. The van der Waals surface area contributed by atoms with Gasteiger partial charge >= 0.3 is 12.0 Å². The van der Waals surface area contributed by atoms with Gasteiger partial charge in [-0.1, -0.05) is 36.4 Å². The second-order valence-corrected chi connectivity index (χ2v) is 5.98. The van der Waals surface area contributed by atoms with Crippen LogP contribution in [0.25, 0.3) is 0 Å². The van der Waals surface area contributed by atoms with E-state index in [-0.39, 0.29) is 18.8 Å². The number of hydrogen-bond acceptors (Lipinski definition) is 5. The first kappa shape index (κ1) is 19.0. The van der Waals surface area contributed by atoms with Crippen LogP contribution in [0.3, 0.4) is 0 Å². The molecule has 0 aliphatic carbocycles. The van der Waals surface area contributed by atoms with E-state index >= 15 is 0 Å². The number of ether oxygens (including phenoxy) is 2. The first-order valence-corrected chi connectivity index (χ1v) is 8.78. The van der Waals surface area contributed by atoms with Crippen molar-refractivity contribution in [3.63, 3.8) is 0 Å². The maximum atomic E-state index is 12.6. The van der Waals surface area contributed by atoms with E-state index in [1.54, 1.807) is 31.2 Å². The number of carbonyl (C=O) groups excluding carboxylic acids is 2. The lowest BCUT2D eigenvalue weighted by Crippen LogP contribution is -2.47. The lowest BCUT2D eigenvalue weighted by Gasteiger charge is -2.29. The summed E-state index contributed by atoms with van der Waals surface area (Å²) in [7, 11) is 0. The topological polar surface area (TPSA) is 100 Å². The van der Waals surface area contributed by atoms with Crippen LogP contribution in [0.5, 0.6) is 5.75 Å². The van der Waals surface area contributed by atoms with Crippen LogP contribution >= 0.6 is 0 Å². The van der Waals surface area contributed by atoms with Crippen LogP contribution in [0.1, 0.15) is 24.1 Å². The van der Waals surface area contributed by atoms with E-state index in [4.69, 9.17) is 14.7 Å². The van der Waals surface area contributed by atoms with Crippen molar-refractivity contribution in [2.45, 2.75) is 13.0 Å². The molecule has 2 N–H and O–H groups in total. The summed E-state index contributed by atoms with van der Waals surface area (Å²) in [5, 5.41) is 14.4. The molecule has 7 heteroatoms. The monoisotopic (exact) mass is 377 g/mol. The van der Waals surface area contributed by atoms with Crippen molar-refractivity contribution in [2.75, 3.05) is 13.2 Å². The van der Waals surface area contributed by atoms with Crippen molar-refractivity contribution < 1.29 is 19.1 Å². The number of hydrogen-bond donors (Lipinski definition) is 2. The predicted molar refractivity (Wildman–Crippen MR) is 101 cm³/mol. The van der Waals surface area contributed by atoms with Crippen LogP contribution in [0.4, 0.5) is 4.79 Å². The van der Waals surface area contributed by atoms with E-state index < -0.39 is 18.0 Å². The highest BCUT2D eigenvalue weighted by molar-refractivity contribution is 5.95. The highest BCUT2D eigenvalue weighted by atomic mass is 16.5. The molecule has 2 aromatic carbocycles. The van der Waals surface area contributed by atoms with Crippen molar-refractivity contribution in [3.8, 4) is 11.8 Å². The molecule has 0 spiro atoms. The molecule has 1 aliphatic rings. The van der Waals surface area contributed by atoms with Gasteiger partial charge in [0.05, 0.1) is 35.6 Å². The van der Waals surface area contributed by atoms with Crippen molar-refractivity contribution in [1.82, 2.24) is 10.6 Å². The van der Waals surface area contributed by atoms with Gasteiger partial charge in [0.2, 0.25) is 0 Å².